The summed E-state index contributed by atoms with van der Waals surface area (Å²) >= 11 is 2.93. The first kappa shape index (κ1) is 14.8. The van der Waals surface area contributed by atoms with Gasteiger partial charge in [0.2, 0.25) is 0 Å². The van der Waals surface area contributed by atoms with E-state index in [1.807, 2.05) is 6.92 Å². The topological polar surface area (TPSA) is 101 Å². The molecule has 0 atom stereocenters. The molecule has 0 amide bonds. The molecule has 2 aromatic rings. The molecule has 4 N–H and O–H groups in total. The monoisotopic (exact) mass is 362 g/mol. The zero-order valence-electron chi connectivity index (χ0n) is 10.4. The van der Waals surface area contributed by atoms with E-state index in [1.165, 1.54) is 0 Å². The highest BCUT2D eigenvalue weighted by molar-refractivity contribution is 9.10. The second-order valence-corrected chi connectivity index (χ2v) is 6.55. The van der Waals surface area contributed by atoms with Crippen molar-refractivity contribution in [3.05, 3.63) is 34.2 Å². The SMILES string of the molecule is CCc1cc(NS(=O)(=O)c2cc(Br)c(F)cc2N)n[nH]1. The summed E-state index contributed by atoms with van der Waals surface area (Å²) in [7, 11) is -3.93. The van der Waals surface area contributed by atoms with Gasteiger partial charge in [0.25, 0.3) is 10.0 Å². The molecule has 2 rings (SSSR count). The van der Waals surface area contributed by atoms with Crippen molar-refractivity contribution in [1.82, 2.24) is 10.2 Å². The molecule has 9 heteroatoms. The molecule has 1 heterocycles. The maximum atomic E-state index is 13.3. The minimum absolute atomic E-state index is 0.0170. The zero-order chi connectivity index (χ0) is 14.9. The first-order valence-electron chi connectivity index (χ1n) is 5.65. The molecule has 0 saturated carbocycles. The molecule has 0 bridgehead atoms. The molecule has 6 nitrogen and oxygen atoms in total. The van der Waals surface area contributed by atoms with Gasteiger partial charge in [-0.15, -0.1) is 0 Å². The van der Waals surface area contributed by atoms with E-state index in [1.54, 1.807) is 6.07 Å². The number of nitrogens with zero attached hydrogens (tertiary/aromatic N) is 1. The number of H-pyrrole nitrogens is 1. The lowest BCUT2D eigenvalue weighted by Crippen LogP contribution is -2.15. The average Bonchev–Trinajstić information content (AvgIpc) is 2.80. The van der Waals surface area contributed by atoms with Gasteiger partial charge in [-0.1, -0.05) is 6.92 Å². The van der Waals surface area contributed by atoms with Gasteiger partial charge in [0.05, 0.1) is 10.2 Å². The number of benzene rings is 1. The van der Waals surface area contributed by atoms with Crippen LogP contribution in [0.25, 0.3) is 0 Å². The number of hydrogen-bond donors (Lipinski definition) is 3. The molecule has 1 aromatic carbocycles. The number of aryl methyl sites for hydroxylation is 1. The maximum Gasteiger partial charge on any atom is 0.265 e. The third kappa shape index (κ3) is 2.93. The van der Waals surface area contributed by atoms with E-state index in [-0.39, 0.29) is 20.9 Å². The van der Waals surface area contributed by atoms with E-state index in [0.717, 1.165) is 17.8 Å². The molecule has 0 aliphatic rings. The van der Waals surface area contributed by atoms with Gasteiger partial charge < -0.3 is 5.73 Å². The minimum atomic E-state index is -3.93. The average molecular weight is 363 g/mol. The summed E-state index contributed by atoms with van der Waals surface area (Å²) in [6.07, 6.45) is 0.693. The number of aromatic amines is 1. The largest absolute Gasteiger partial charge is 0.398 e. The van der Waals surface area contributed by atoms with Crippen LogP contribution in [0, 0.1) is 5.82 Å². The van der Waals surface area contributed by atoms with Gasteiger partial charge in [-0.3, -0.25) is 9.82 Å². The lowest BCUT2D eigenvalue weighted by molar-refractivity contribution is 0.599. The Morgan fingerprint density at radius 2 is 2.15 bits per heavy atom. The molecule has 20 heavy (non-hydrogen) atoms. The predicted molar refractivity (Wildman–Crippen MR) is 77.3 cm³/mol. The van der Waals surface area contributed by atoms with Crippen molar-refractivity contribution < 1.29 is 12.8 Å². The quantitative estimate of drug-likeness (QED) is 0.726. The van der Waals surface area contributed by atoms with E-state index in [4.69, 9.17) is 5.73 Å². The number of sulfonamides is 1. The molecule has 0 saturated heterocycles. The Labute approximate surface area is 123 Å². The van der Waals surface area contributed by atoms with Crippen molar-refractivity contribution in [2.45, 2.75) is 18.2 Å². The predicted octanol–water partition coefficient (Wildman–Crippen LogP) is 2.26. The molecule has 1 aromatic heterocycles. The summed E-state index contributed by atoms with van der Waals surface area (Å²) in [6.45, 7) is 1.90. The van der Waals surface area contributed by atoms with Gasteiger partial charge in [0, 0.05) is 11.8 Å². The first-order chi connectivity index (χ1) is 9.33. The molecule has 0 fully saturated rings. The van der Waals surface area contributed by atoms with Gasteiger partial charge in [-0.05, 0) is 34.5 Å². The van der Waals surface area contributed by atoms with Crippen molar-refractivity contribution >= 4 is 37.5 Å². The van der Waals surface area contributed by atoms with Crippen molar-refractivity contribution in [3.8, 4) is 0 Å². The van der Waals surface area contributed by atoms with Crippen molar-refractivity contribution in [2.24, 2.45) is 0 Å². The van der Waals surface area contributed by atoms with Crippen LogP contribution >= 0.6 is 15.9 Å². The van der Waals surface area contributed by atoms with Crippen LogP contribution < -0.4 is 10.5 Å². The third-order valence-electron chi connectivity index (χ3n) is 2.59. The lowest BCUT2D eigenvalue weighted by atomic mass is 10.3. The van der Waals surface area contributed by atoms with Crippen LogP contribution in [0.4, 0.5) is 15.9 Å². The smallest absolute Gasteiger partial charge is 0.265 e. The van der Waals surface area contributed by atoms with Crippen LogP contribution in [0.3, 0.4) is 0 Å². The number of nitrogens with two attached hydrogens (primary N) is 1. The van der Waals surface area contributed by atoms with E-state index in [2.05, 4.69) is 30.8 Å². The van der Waals surface area contributed by atoms with Crippen LogP contribution in [0.2, 0.25) is 0 Å². The molecular formula is C11H12BrFN4O2S. The number of hydrogen-bond acceptors (Lipinski definition) is 4. The third-order valence-corrected chi connectivity index (χ3v) is 4.61. The number of nitrogen functional groups attached to an aromatic ring is 1. The fourth-order valence-corrected chi connectivity index (χ4v) is 3.19. The molecule has 0 radical (unpaired) electrons. The summed E-state index contributed by atoms with van der Waals surface area (Å²) in [5, 5.41) is 6.51. The Morgan fingerprint density at radius 3 is 2.75 bits per heavy atom. The van der Waals surface area contributed by atoms with Gasteiger partial charge in [0.15, 0.2) is 5.82 Å². The van der Waals surface area contributed by atoms with Crippen molar-refractivity contribution in [2.75, 3.05) is 10.5 Å². The normalized spacial score (nSPS) is 11.6. The summed E-state index contributed by atoms with van der Waals surface area (Å²) in [4.78, 5) is -0.216. The van der Waals surface area contributed by atoms with E-state index < -0.39 is 15.8 Å². The summed E-state index contributed by atoms with van der Waals surface area (Å²) in [5.41, 5.74) is 6.16. The first-order valence-corrected chi connectivity index (χ1v) is 7.92. The van der Waals surface area contributed by atoms with Gasteiger partial charge >= 0.3 is 0 Å². The number of halogens is 2. The second-order valence-electron chi connectivity index (χ2n) is 4.04. The van der Waals surface area contributed by atoms with Gasteiger partial charge in [-0.2, -0.15) is 5.10 Å². The lowest BCUT2D eigenvalue weighted by Gasteiger charge is -2.09. The molecule has 108 valence electrons. The fraction of sp³-hybridized carbons (Fsp3) is 0.182. The Bertz CT molecular complexity index is 745. The summed E-state index contributed by atoms with van der Waals surface area (Å²) < 4.78 is 40.0. The molecule has 0 unspecified atom stereocenters. The molecule has 0 aliphatic heterocycles. The van der Waals surface area contributed by atoms with Crippen molar-refractivity contribution in [3.63, 3.8) is 0 Å². The van der Waals surface area contributed by atoms with Crippen molar-refractivity contribution in [1.29, 1.82) is 0 Å². The second kappa shape index (κ2) is 5.41. The zero-order valence-corrected chi connectivity index (χ0v) is 12.8. The van der Waals surface area contributed by atoms with E-state index >= 15 is 0 Å². The Kier molecular flexibility index (Phi) is 4.00. The summed E-state index contributed by atoms with van der Waals surface area (Å²) in [6, 6.07) is 3.63. The van der Waals surface area contributed by atoms with Gasteiger partial charge in [-0.25, -0.2) is 12.8 Å². The Hall–Kier alpha value is -1.61. The highest BCUT2D eigenvalue weighted by Gasteiger charge is 2.20. The van der Waals surface area contributed by atoms with Crippen LogP contribution in [-0.4, -0.2) is 18.6 Å². The van der Waals surface area contributed by atoms with Gasteiger partial charge in [0.1, 0.15) is 10.7 Å². The van der Waals surface area contributed by atoms with E-state index in [0.29, 0.717) is 6.42 Å². The highest BCUT2D eigenvalue weighted by atomic mass is 79.9. The fourth-order valence-electron chi connectivity index (χ4n) is 1.56. The standard InChI is InChI=1S/C11H12BrFN4O2S/c1-2-6-3-11(16-15-6)17-20(18,19)10-4-7(12)8(13)5-9(10)14/h3-5H,2,14H2,1H3,(H2,15,16,17). The Balaban J connectivity index is 2.37. The maximum absolute atomic E-state index is 13.3. The Morgan fingerprint density at radius 1 is 1.45 bits per heavy atom. The van der Waals surface area contributed by atoms with E-state index in [9.17, 15) is 12.8 Å². The summed E-state index contributed by atoms with van der Waals surface area (Å²) in [5.74, 6) is -0.476. The van der Waals surface area contributed by atoms with Crippen LogP contribution in [-0.2, 0) is 16.4 Å². The molecule has 0 spiro atoms. The van der Waals surface area contributed by atoms with Crippen LogP contribution in [0.5, 0.6) is 0 Å². The molecule has 0 aliphatic carbocycles. The minimum Gasteiger partial charge on any atom is -0.398 e. The number of rotatable bonds is 4. The number of anilines is 2. The highest BCUT2D eigenvalue weighted by Crippen LogP contribution is 2.27. The van der Waals surface area contributed by atoms with Crippen LogP contribution in [0.1, 0.15) is 12.6 Å². The number of nitrogens with one attached hydrogen (secondary N) is 2. The molecular weight excluding hydrogens is 351 g/mol. The van der Waals surface area contributed by atoms with Crippen LogP contribution in [0.15, 0.2) is 27.6 Å². The number of aromatic nitrogens is 2.